The first kappa shape index (κ1) is 16.3. The van der Waals surface area contributed by atoms with Gasteiger partial charge in [-0.25, -0.2) is 4.79 Å². The van der Waals surface area contributed by atoms with Crippen molar-refractivity contribution in [3.05, 3.63) is 35.9 Å². The summed E-state index contributed by atoms with van der Waals surface area (Å²) in [7, 11) is 0. The summed E-state index contributed by atoms with van der Waals surface area (Å²) in [6.45, 7) is 4.59. The van der Waals surface area contributed by atoms with Gasteiger partial charge in [0.05, 0.1) is 5.60 Å². The van der Waals surface area contributed by atoms with Gasteiger partial charge in [0.2, 0.25) is 0 Å². The maximum Gasteiger partial charge on any atom is 0.410 e. The highest BCUT2D eigenvalue weighted by Gasteiger charge is 2.49. The Bertz CT molecular complexity index is 529. The zero-order valence-corrected chi connectivity index (χ0v) is 14.1. The van der Waals surface area contributed by atoms with Gasteiger partial charge < -0.3 is 14.7 Å². The Labute approximate surface area is 138 Å². The van der Waals surface area contributed by atoms with Crippen molar-refractivity contribution in [1.29, 1.82) is 0 Å². The molecule has 1 N–H and O–H groups in total. The van der Waals surface area contributed by atoms with E-state index in [1.165, 1.54) is 0 Å². The zero-order valence-electron chi connectivity index (χ0n) is 14.1. The highest BCUT2D eigenvalue weighted by molar-refractivity contribution is 5.69. The van der Waals surface area contributed by atoms with Crippen LogP contribution in [0.1, 0.15) is 51.5 Å². The number of amides is 1. The molecule has 126 valence electrons. The smallest absolute Gasteiger partial charge is 0.410 e. The van der Waals surface area contributed by atoms with Crippen molar-refractivity contribution in [2.75, 3.05) is 0 Å². The topological polar surface area (TPSA) is 49.8 Å². The number of nitrogens with zero attached hydrogens (tertiary/aromatic N) is 1. The third-order valence-electron chi connectivity index (χ3n) is 5.06. The van der Waals surface area contributed by atoms with Crippen LogP contribution in [0.2, 0.25) is 0 Å². The van der Waals surface area contributed by atoms with Gasteiger partial charge in [0.15, 0.2) is 0 Å². The van der Waals surface area contributed by atoms with Crippen molar-refractivity contribution < 1.29 is 14.6 Å². The molecular formula is C19H27NO3. The molecule has 0 aliphatic carbocycles. The van der Waals surface area contributed by atoms with E-state index in [0.29, 0.717) is 25.4 Å². The van der Waals surface area contributed by atoms with E-state index in [1.807, 2.05) is 35.2 Å². The van der Waals surface area contributed by atoms with E-state index >= 15 is 0 Å². The maximum absolute atomic E-state index is 12.5. The zero-order chi connectivity index (χ0) is 16.4. The molecule has 3 rings (SSSR count). The molecule has 2 saturated heterocycles. The Morgan fingerprint density at radius 1 is 1.26 bits per heavy atom. The molecule has 2 heterocycles. The minimum absolute atomic E-state index is 0.126. The van der Waals surface area contributed by atoms with Gasteiger partial charge in [-0.2, -0.15) is 0 Å². The minimum atomic E-state index is -0.615. The third-order valence-corrected chi connectivity index (χ3v) is 5.06. The van der Waals surface area contributed by atoms with Crippen LogP contribution in [-0.4, -0.2) is 33.8 Å². The van der Waals surface area contributed by atoms with Crippen LogP contribution in [0.15, 0.2) is 30.3 Å². The van der Waals surface area contributed by atoms with E-state index in [1.54, 1.807) is 0 Å². The number of carbonyl (C=O) groups excluding carboxylic acids is 1. The van der Waals surface area contributed by atoms with Gasteiger partial charge in [-0.1, -0.05) is 44.2 Å². The van der Waals surface area contributed by atoms with Gasteiger partial charge in [0, 0.05) is 12.1 Å². The van der Waals surface area contributed by atoms with Gasteiger partial charge in [-0.05, 0) is 43.6 Å². The van der Waals surface area contributed by atoms with E-state index in [9.17, 15) is 9.90 Å². The second kappa shape index (κ2) is 6.52. The van der Waals surface area contributed by atoms with E-state index < -0.39 is 5.60 Å². The first-order chi connectivity index (χ1) is 11.0. The molecule has 2 aliphatic heterocycles. The number of hydrogen-bond donors (Lipinski definition) is 1. The molecular weight excluding hydrogens is 290 g/mol. The monoisotopic (exact) mass is 317 g/mol. The third kappa shape index (κ3) is 3.69. The predicted molar refractivity (Wildman–Crippen MR) is 88.9 cm³/mol. The molecule has 1 amide bonds. The van der Waals surface area contributed by atoms with E-state index in [-0.39, 0.29) is 18.2 Å². The summed E-state index contributed by atoms with van der Waals surface area (Å²) in [5.41, 5.74) is 0.387. The van der Waals surface area contributed by atoms with Gasteiger partial charge >= 0.3 is 6.09 Å². The van der Waals surface area contributed by atoms with Crippen LogP contribution >= 0.6 is 0 Å². The molecule has 0 aromatic heterocycles. The van der Waals surface area contributed by atoms with Gasteiger partial charge in [0.25, 0.3) is 0 Å². The SMILES string of the molecule is CC(C)CC1(O)CC2CCC(C1)N2C(=O)OCc1ccccc1. The summed E-state index contributed by atoms with van der Waals surface area (Å²) >= 11 is 0. The number of ether oxygens (including phenoxy) is 1. The van der Waals surface area contributed by atoms with Crippen molar-refractivity contribution in [2.45, 2.75) is 70.2 Å². The van der Waals surface area contributed by atoms with E-state index in [4.69, 9.17) is 4.74 Å². The fraction of sp³-hybridized carbons (Fsp3) is 0.632. The Hall–Kier alpha value is -1.55. The molecule has 0 spiro atoms. The first-order valence-electron chi connectivity index (χ1n) is 8.68. The first-order valence-corrected chi connectivity index (χ1v) is 8.68. The molecule has 0 radical (unpaired) electrons. The molecule has 4 nitrogen and oxygen atoms in total. The van der Waals surface area contributed by atoms with Gasteiger partial charge in [-0.15, -0.1) is 0 Å². The summed E-state index contributed by atoms with van der Waals surface area (Å²) in [5, 5.41) is 10.9. The molecule has 23 heavy (non-hydrogen) atoms. The van der Waals surface area contributed by atoms with Crippen LogP contribution in [0.3, 0.4) is 0 Å². The van der Waals surface area contributed by atoms with E-state index in [0.717, 1.165) is 24.8 Å². The number of benzene rings is 1. The fourth-order valence-electron chi connectivity index (χ4n) is 4.34. The number of aliphatic hydroxyl groups is 1. The molecule has 2 aliphatic rings. The molecule has 2 fully saturated rings. The lowest BCUT2D eigenvalue weighted by molar-refractivity contribution is -0.0607. The number of carbonyl (C=O) groups is 1. The Morgan fingerprint density at radius 3 is 2.43 bits per heavy atom. The van der Waals surface area contributed by atoms with Gasteiger partial charge in [0.1, 0.15) is 6.61 Å². The number of fused-ring (bicyclic) bond motifs is 2. The largest absolute Gasteiger partial charge is 0.445 e. The second-order valence-corrected chi connectivity index (χ2v) is 7.56. The molecule has 2 unspecified atom stereocenters. The van der Waals surface area contributed by atoms with E-state index in [2.05, 4.69) is 13.8 Å². The normalized spacial score (nSPS) is 29.8. The van der Waals surface area contributed by atoms with Crippen LogP contribution in [0, 0.1) is 5.92 Å². The Balaban J connectivity index is 1.60. The summed E-state index contributed by atoms with van der Waals surface area (Å²) in [4.78, 5) is 14.4. The fourth-order valence-corrected chi connectivity index (χ4v) is 4.34. The summed E-state index contributed by atoms with van der Waals surface area (Å²) in [5.74, 6) is 0.469. The van der Waals surface area contributed by atoms with Crippen molar-refractivity contribution in [3.63, 3.8) is 0 Å². The van der Waals surface area contributed by atoms with Crippen LogP contribution in [-0.2, 0) is 11.3 Å². The molecule has 1 aromatic carbocycles. The lowest BCUT2D eigenvalue weighted by Crippen LogP contribution is -2.53. The standard InChI is InChI=1S/C19H27NO3/c1-14(2)10-19(22)11-16-8-9-17(12-19)20(16)18(21)23-13-15-6-4-3-5-7-15/h3-7,14,16-17,22H,8-13H2,1-2H3. The van der Waals surface area contributed by atoms with Crippen LogP contribution in [0.4, 0.5) is 4.79 Å². The molecule has 4 heteroatoms. The average Bonchev–Trinajstić information content (AvgIpc) is 2.78. The van der Waals surface area contributed by atoms with Crippen molar-refractivity contribution in [1.82, 2.24) is 4.90 Å². The number of hydrogen-bond acceptors (Lipinski definition) is 3. The summed E-state index contributed by atoms with van der Waals surface area (Å²) < 4.78 is 5.50. The lowest BCUT2D eigenvalue weighted by Gasteiger charge is -2.43. The lowest BCUT2D eigenvalue weighted by atomic mass is 9.80. The highest BCUT2D eigenvalue weighted by Crippen LogP contribution is 2.43. The van der Waals surface area contributed by atoms with Crippen LogP contribution in [0.25, 0.3) is 0 Å². The molecule has 1 aromatic rings. The van der Waals surface area contributed by atoms with Crippen molar-refractivity contribution in [3.8, 4) is 0 Å². The number of rotatable bonds is 4. The molecule has 0 saturated carbocycles. The summed E-state index contributed by atoms with van der Waals surface area (Å²) in [6.07, 6.45) is 3.90. The maximum atomic E-state index is 12.5. The second-order valence-electron chi connectivity index (χ2n) is 7.56. The van der Waals surface area contributed by atoms with Gasteiger partial charge in [-0.3, -0.25) is 0 Å². The van der Waals surface area contributed by atoms with Crippen LogP contribution < -0.4 is 0 Å². The van der Waals surface area contributed by atoms with Crippen molar-refractivity contribution >= 4 is 6.09 Å². The van der Waals surface area contributed by atoms with Crippen molar-refractivity contribution in [2.24, 2.45) is 5.92 Å². The molecule has 2 atom stereocenters. The minimum Gasteiger partial charge on any atom is -0.445 e. The van der Waals surface area contributed by atoms with Crippen LogP contribution in [0.5, 0.6) is 0 Å². The quantitative estimate of drug-likeness (QED) is 0.920. The summed E-state index contributed by atoms with van der Waals surface area (Å²) in [6, 6.07) is 10.0. The Morgan fingerprint density at radius 2 is 1.87 bits per heavy atom. The number of piperidine rings is 1. The Kier molecular flexibility index (Phi) is 4.62. The molecule has 2 bridgehead atoms. The average molecular weight is 317 g/mol. The predicted octanol–water partition coefficient (Wildman–Crippen LogP) is 3.73. The highest BCUT2D eigenvalue weighted by atomic mass is 16.6.